The number of halogens is 1. The van der Waals surface area contributed by atoms with Gasteiger partial charge in [-0.2, -0.15) is 0 Å². The molecule has 0 saturated carbocycles. The normalized spacial score (nSPS) is 21.6. The van der Waals surface area contributed by atoms with Crippen molar-refractivity contribution in [3.8, 4) is 11.3 Å². The number of aryl methyl sites for hydroxylation is 1. The predicted molar refractivity (Wildman–Crippen MR) is 141 cm³/mol. The molecular formula is C26H28ClN5O4S. The van der Waals surface area contributed by atoms with Crippen molar-refractivity contribution in [1.29, 1.82) is 0 Å². The van der Waals surface area contributed by atoms with Gasteiger partial charge in [0.2, 0.25) is 5.91 Å². The number of urea groups is 1. The van der Waals surface area contributed by atoms with E-state index in [1.807, 2.05) is 18.2 Å². The highest BCUT2D eigenvalue weighted by Gasteiger charge is 2.44. The standard InChI is InChI=1S/C26H28ClN5O4S/c1-15-5-16(27)6-20(19(15)7-17-9-28-11-26(36-17)12-35-13-26)23-24-21(29-14-30-23)8-18(37-24)10-32-22(33)3-4-31(2)25(32)34/h5-6,8,14,17,28H,3-4,7,9-13H2,1-2H3. The third-order valence-electron chi connectivity index (χ3n) is 7.29. The highest BCUT2D eigenvalue weighted by Crippen LogP contribution is 2.38. The third kappa shape index (κ3) is 4.61. The first kappa shape index (κ1) is 24.7. The molecule has 1 N–H and O–H groups in total. The second kappa shape index (κ2) is 9.59. The van der Waals surface area contributed by atoms with Gasteiger partial charge in [-0.25, -0.2) is 14.8 Å². The Morgan fingerprint density at radius 2 is 2.08 bits per heavy atom. The van der Waals surface area contributed by atoms with Crippen molar-refractivity contribution in [2.75, 3.05) is 39.9 Å². The number of ether oxygens (including phenoxy) is 2. The molecule has 1 aromatic carbocycles. The number of morpholine rings is 1. The molecule has 1 spiro atoms. The summed E-state index contributed by atoms with van der Waals surface area (Å²) in [5, 5.41) is 4.14. The number of carbonyl (C=O) groups excluding carboxylic acids is 2. The van der Waals surface area contributed by atoms with Gasteiger partial charge in [-0.05, 0) is 36.2 Å². The summed E-state index contributed by atoms with van der Waals surface area (Å²) in [6.45, 7) is 5.52. The highest BCUT2D eigenvalue weighted by molar-refractivity contribution is 7.19. The Bertz CT molecular complexity index is 1390. The van der Waals surface area contributed by atoms with Crippen LogP contribution in [0.2, 0.25) is 5.02 Å². The Balaban J connectivity index is 1.35. The number of thiophene rings is 1. The summed E-state index contributed by atoms with van der Waals surface area (Å²) >= 11 is 8.04. The van der Waals surface area contributed by atoms with Crippen molar-refractivity contribution < 1.29 is 19.1 Å². The van der Waals surface area contributed by atoms with Crippen molar-refractivity contribution in [2.24, 2.45) is 0 Å². The molecule has 0 radical (unpaired) electrons. The molecular weight excluding hydrogens is 514 g/mol. The summed E-state index contributed by atoms with van der Waals surface area (Å²) in [7, 11) is 1.71. The summed E-state index contributed by atoms with van der Waals surface area (Å²) in [5.74, 6) is -0.157. The Morgan fingerprint density at radius 3 is 2.86 bits per heavy atom. The van der Waals surface area contributed by atoms with Gasteiger partial charge in [-0.1, -0.05) is 11.6 Å². The monoisotopic (exact) mass is 541 g/mol. The molecule has 3 amide bonds. The molecule has 1 atom stereocenters. The van der Waals surface area contributed by atoms with E-state index in [2.05, 4.69) is 22.2 Å². The van der Waals surface area contributed by atoms with Gasteiger partial charge in [0.15, 0.2) is 0 Å². The Hall–Kier alpha value is -2.63. The van der Waals surface area contributed by atoms with Crippen LogP contribution in [0.5, 0.6) is 0 Å². The van der Waals surface area contributed by atoms with Crippen molar-refractivity contribution in [3.05, 3.63) is 45.6 Å². The van der Waals surface area contributed by atoms with Gasteiger partial charge in [0.25, 0.3) is 0 Å². The molecule has 11 heteroatoms. The molecule has 6 rings (SSSR count). The van der Waals surface area contributed by atoms with Crippen LogP contribution in [0.1, 0.15) is 22.4 Å². The molecule has 1 unspecified atom stereocenters. The number of amides is 3. The number of aromatic nitrogens is 2. The zero-order valence-electron chi connectivity index (χ0n) is 20.8. The van der Waals surface area contributed by atoms with E-state index in [4.69, 9.17) is 21.1 Å². The molecule has 3 aliphatic rings. The van der Waals surface area contributed by atoms with Gasteiger partial charge in [0.05, 0.1) is 41.8 Å². The van der Waals surface area contributed by atoms with Crippen LogP contribution in [0.3, 0.4) is 0 Å². The van der Waals surface area contributed by atoms with Crippen LogP contribution < -0.4 is 5.32 Å². The molecule has 3 aromatic rings. The van der Waals surface area contributed by atoms with E-state index in [0.29, 0.717) is 37.6 Å². The molecule has 5 heterocycles. The Morgan fingerprint density at radius 1 is 1.24 bits per heavy atom. The van der Waals surface area contributed by atoms with Gasteiger partial charge in [-0.3, -0.25) is 9.69 Å². The molecule has 2 aromatic heterocycles. The van der Waals surface area contributed by atoms with Crippen LogP contribution in [0, 0.1) is 6.92 Å². The topological polar surface area (TPSA) is 96.9 Å². The van der Waals surface area contributed by atoms with Crippen LogP contribution in [0.4, 0.5) is 4.79 Å². The van der Waals surface area contributed by atoms with Crippen molar-refractivity contribution in [1.82, 2.24) is 25.1 Å². The lowest BCUT2D eigenvalue weighted by atomic mass is 9.92. The van der Waals surface area contributed by atoms with E-state index < -0.39 is 0 Å². The summed E-state index contributed by atoms with van der Waals surface area (Å²) < 4.78 is 12.8. The maximum Gasteiger partial charge on any atom is 0.326 e. The van der Waals surface area contributed by atoms with E-state index in [0.717, 1.165) is 50.6 Å². The van der Waals surface area contributed by atoms with E-state index in [9.17, 15) is 9.59 Å². The lowest BCUT2D eigenvalue weighted by Gasteiger charge is -2.47. The van der Waals surface area contributed by atoms with Crippen molar-refractivity contribution in [3.63, 3.8) is 0 Å². The van der Waals surface area contributed by atoms with Crippen LogP contribution in [-0.2, 0) is 27.2 Å². The van der Waals surface area contributed by atoms with Crippen molar-refractivity contribution in [2.45, 2.75) is 38.0 Å². The Labute approximate surface area is 223 Å². The van der Waals surface area contributed by atoms with Gasteiger partial charge in [0.1, 0.15) is 11.9 Å². The number of nitrogens with one attached hydrogen (secondary N) is 1. The molecule has 0 bridgehead atoms. The second-order valence-corrected chi connectivity index (χ2v) is 11.7. The first-order valence-corrected chi connectivity index (χ1v) is 13.6. The number of hydrogen-bond donors (Lipinski definition) is 1. The maximum atomic E-state index is 12.6. The summed E-state index contributed by atoms with van der Waals surface area (Å²) in [6.07, 6.45) is 2.59. The van der Waals surface area contributed by atoms with Gasteiger partial charge >= 0.3 is 6.03 Å². The maximum absolute atomic E-state index is 12.6. The number of rotatable bonds is 5. The number of nitrogens with zero attached hydrogens (tertiary/aromatic N) is 4. The summed E-state index contributed by atoms with van der Waals surface area (Å²) in [6, 6.07) is 5.59. The number of benzene rings is 1. The summed E-state index contributed by atoms with van der Waals surface area (Å²) in [5.41, 5.74) is 4.49. The smallest absolute Gasteiger partial charge is 0.326 e. The molecule has 3 fully saturated rings. The largest absolute Gasteiger partial charge is 0.375 e. The van der Waals surface area contributed by atoms with Crippen LogP contribution in [0.15, 0.2) is 24.5 Å². The van der Waals surface area contributed by atoms with Gasteiger partial charge in [0, 0.05) is 55.0 Å². The van der Waals surface area contributed by atoms with Crippen LogP contribution in [-0.4, -0.2) is 83.3 Å². The molecule has 3 saturated heterocycles. The minimum absolute atomic E-state index is 0.000571. The van der Waals surface area contributed by atoms with E-state index in [1.54, 1.807) is 18.3 Å². The van der Waals surface area contributed by atoms with E-state index in [-0.39, 0.29) is 30.2 Å². The Kier molecular flexibility index (Phi) is 6.40. The molecule has 3 aliphatic heterocycles. The minimum atomic E-state index is -0.275. The molecule has 194 valence electrons. The molecule has 0 aliphatic carbocycles. The minimum Gasteiger partial charge on any atom is -0.375 e. The van der Waals surface area contributed by atoms with Gasteiger partial charge < -0.3 is 19.7 Å². The number of fused-ring (bicyclic) bond motifs is 1. The average molecular weight is 542 g/mol. The van der Waals surface area contributed by atoms with Crippen LogP contribution >= 0.6 is 22.9 Å². The average Bonchev–Trinajstić information content (AvgIpc) is 3.28. The van der Waals surface area contributed by atoms with Crippen LogP contribution in [0.25, 0.3) is 21.5 Å². The molecule has 9 nitrogen and oxygen atoms in total. The van der Waals surface area contributed by atoms with E-state index in [1.165, 1.54) is 16.2 Å². The quantitative estimate of drug-likeness (QED) is 0.529. The SMILES string of the molecule is Cc1cc(Cl)cc(-c2ncnc3cc(CN4C(=O)CCN(C)C4=O)sc23)c1CC1CNCC2(COC2)O1. The zero-order chi connectivity index (χ0) is 25.7. The zero-order valence-corrected chi connectivity index (χ0v) is 22.3. The fourth-order valence-electron chi connectivity index (χ4n) is 5.29. The second-order valence-electron chi connectivity index (χ2n) is 10.1. The first-order chi connectivity index (χ1) is 17.8. The first-order valence-electron chi connectivity index (χ1n) is 12.4. The predicted octanol–water partition coefficient (Wildman–Crippen LogP) is 3.40. The molecule has 37 heavy (non-hydrogen) atoms. The van der Waals surface area contributed by atoms with E-state index >= 15 is 0 Å². The fraction of sp³-hybridized carbons (Fsp3) is 0.462. The summed E-state index contributed by atoms with van der Waals surface area (Å²) in [4.78, 5) is 38.0. The third-order valence-corrected chi connectivity index (χ3v) is 8.62. The van der Waals surface area contributed by atoms with Crippen molar-refractivity contribution >= 4 is 45.1 Å². The lowest BCUT2D eigenvalue weighted by molar-refractivity contribution is -0.240. The fourth-order valence-corrected chi connectivity index (χ4v) is 6.66. The number of hydrogen-bond acceptors (Lipinski definition) is 8. The van der Waals surface area contributed by atoms with Gasteiger partial charge in [-0.15, -0.1) is 11.3 Å². The highest BCUT2D eigenvalue weighted by atomic mass is 35.5. The lowest BCUT2D eigenvalue weighted by Crippen LogP contribution is -2.64. The number of carbonyl (C=O) groups is 2. The number of imide groups is 1.